The summed E-state index contributed by atoms with van der Waals surface area (Å²) >= 11 is 0. The fourth-order valence-corrected chi connectivity index (χ4v) is 3.05. The zero-order valence-electron chi connectivity index (χ0n) is 14.7. The van der Waals surface area contributed by atoms with Gasteiger partial charge in [-0.3, -0.25) is 9.36 Å². The van der Waals surface area contributed by atoms with Crippen molar-refractivity contribution in [1.82, 2.24) is 24.4 Å². The Morgan fingerprint density at radius 3 is 2.81 bits per heavy atom. The van der Waals surface area contributed by atoms with E-state index in [2.05, 4.69) is 15.0 Å². The van der Waals surface area contributed by atoms with Crippen LogP contribution in [0.1, 0.15) is 12.6 Å². The normalized spacial score (nSPS) is 26.7. The molecule has 0 radical (unpaired) electrons. The molecule has 5 atom stereocenters. The maximum atomic E-state index is 10.8. The van der Waals surface area contributed by atoms with Crippen LogP contribution in [0.2, 0.25) is 0 Å². The summed E-state index contributed by atoms with van der Waals surface area (Å²) in [7, 11) is 1.75. The highest BCUT2D eigenvalue weighted by molar-refractivity contribution is 5.81. The number of aliphatic carboxylic acids is 1. The van der Waals surface area contributed by atoms with Gasteiger partial charge in [0.05, 0.1) is 6.33 Å². The van der Waals surface area contributed by atoms with Gasteiger partial charge in [-0.15, -0.1) is 0 Å². The minimum absolute atomic E-state index is 0.206. The number of nitrogens with two attached hydrogens (primary N) is 2. The number of carbonyl (C=O) groups is 1. The van der Waals surface area contributed by atoms with Gasteiger partial charge in [-0.2, -0.15) is 0 Å². The van der Waals surface area contributed by atoms with Gasteiger partial charge < -0.3 is 36.4 Å². The molecule has 0 aromatic carbocycles. The van der Waals surface area contributed by atoms with Crippen LogP contribution in [0, 0.1) is 0 Å². The molecule has 1 aliphatic rings. The standard InChI is InChI=1S/C15H23N7O5/c1-21(3-2-7(16)15(25)26)4-8-10(23)11(24)14(27-8)22-6-20-9-12(17)18-5-19-13(9)22/h5-8,10-11,14,23-24H,2-4,16H2,1H3,(H,25,26)(H2,17,18,19)/t7?,8-,10-,11-,14?/m1/s1. The summed E-state index contributed by atoms with van der Waals surface area (Å²) in [5, 5.41) is 29.6. The lowest BCUT2D eigenvalue weighted by molar-refractivity contribution is -0.138. The van der Waals surface area contributed by atoms with E-state index >= 15 is 0 Å². The molecule has 0 saturated carbocycles. The molecular formula is C15H23N7O5. The number of ether oxygens (including phenoxy) is 1. The number of hydrogen-bond acceptors (Lipinski definition) is 10. The quantitative estimate of drug-likeness (QED) is 0.349. The molecule has 2 unspecified atom stereocenters. The zero-order chi connectivity index (χ0) is 19.7. The van der Waals surface area contributed by atoms with Crippen molar-refractivity contribution < 1.29 is 24.9 Å². The van der Waals surface area contributed by atoms with Gasteiger partial charge in [-0.05, 0) is 20.0 Å². The van der Waals surface area contributed by atoms with E-state index in [4.69, 9.17) is 21.3 Å². The van der Waals surface area contributed by atoms with Crippen molar-refractivity contribution in [1.29, 1.82) is 0 Å². The molecule has 1 aliphatic heterocycles. The van der Waals surface area contributed by atoms with Crippen LogP contribution in [0.4, 0.5) is 5.82 Å². The SMILES string of the molecule is CN(CCC(N)C(=O)O)C[C@H]1OC(n2cnc3c(N)ncnc32)[C@H](O)[C@@H]1O. The highest BCUT2D eigenvalue weighted by Crippen LogP contribution is 2.32. The Balaban J connectivity index is 1.68. The number of nitrogens with zero attached hydrogens (tertiary/aromatic N) is 5. The second-order valence-corrected chi connectivity index (χ2v) is 6.62. The molecule has 1 fully saturated rings. The highest BCUT2D eigenvalue weighted by atomic mass is 16.6. The third-order valence-corrected chi connectivity index (χ3v) is 4.63. The Hall–Kier alpha value is -2.38. The lowest BCUT2D eigenvalue weighted by Crippen LogP contribution is -2.40. The molecule has 1 saturated heterocycles. The number of likely N-dealkylation sites (N-methyl/N-ethyl adjacent to an activating group) is 1. The number of fused-ring (bicyclic) bond motifs is 1. The van der Waals surface area contributed by atoms with Crippen molar-refractivity contribution in [2.45, 2.75) is 37.0 Å². The number of imidazole rings is 1. The molecule has 3 rings (SSSR count). The maximum Gasteiger partial charge on any atom is 0.320 e. The smallest absolute Gasteiger partial charge is 0.320 e. The first kappa shape index (κ1) is 19.4. The maximum absolute atomic E-state index is 10.8. The average molecular weight is 381 g/mol. The van der Waals surface area contributed by atoms with Gasteiger partial charge in [0.25, 0.3) is 0 Å². The third kappa shape index (κ3) is 3.84. The van der Waals surface area contributed by atoms with E-state index in [1.165, 1.54) is 17.2 Å². The van der Waals surface area contributed by atoms with Gasteiger partial charge in [-0.1, -0.05) is 0 Å². The van der Waals surface area contributed by atoms with Gasteiger partial charge in [0.1, 0.15) is 36.2 Å². The van der Waals surface area contributed by atoms with Crippen LogP contribution in [-0.4, -0.2) is 90.2 Å². The monoisotopic (exact) mass is 381 g/mol. The van der Waals surface area contributed by atoms with Crippen LogP contribution in [0.5, 0.6) is 0 Å². The number of aromatic nitrogens is 4. The first-order valence-corrected chi connectivity index (χ1v) is 8.41. The Bertz CT molecular complexity index is 815. The minimum atomic E-state index is -1.20. The van der Waals surface area contributed by atoms with Gasteiger partial charge in [0.15, 0.2) is 17.7 Å². The molecule has 12 nitrogen and oxygen atoms in total. The van der Waals surface area contributed by atoms with E-state index in [1.54, 1.807) is 11.9 Å². The van der Waals surface area contributed by atoms with Gasteiger partial charge in [0, 0.05) is 6.54 Å². The predicted octanol–water partition coefficient (Wildman–Crippen LogP) is -2.24. The number of aliphatic hydroxyl groups is 2. The number of rotatable bonds is 7. The molecule has 2 aromatic rings. The zero-order valence-corrected chi connectivity index (χ0v) is 14.7. The van der Waals surface area contributed by atoms with Crippen molar-refractivity contribution in [2.24, 2.45) is 5.73 Å². The van der Waals surface area contributed by atoms with Crippen molar-refractivity contribution in [2.75, 3.05) is 25.9 Å². The topological polar surface area (TPSA) is 186 Å². The molecule has 3 heterocycles. The van der Waals surface area contributed by atoms with Crippen molar-refractivity contribution in [3.05, 3.63) is 12.7 Å². The Labute approximate surface area is 154 Å². The summed E-state index contributed by atoms with van der Waals surface area (Å²) in [6.45, 7) is 0.684. The van der Waals surface area contributed by atoms with Gasteiger partial charge in [0.2, 0.25) is 0 Å². The van der Waals surface area contributed by atoms with Crippen molar-refractivity contribution >= 4 is 23.0 Å². The summed E-state index contributed by atoms with van der Waals surface area (Å²) in [6, 6.07) is -0.956. The Morgan fingerprint density at radius 2 is 2.11 bits per heavy atom. The van der Waals surface area contributed by atoms with E-state index in [1.807, 2.05) is 0 Å². The first-order valence-electron chi connectivity index (χ1n) is 8.41. The molecule has 148 valence electrons. The molecule has 12 heteroatoms. The molecule has 2 aromatic heterocycles. The molecule has 0 aliphatic carbocycles. The molecule has 27 heavy (non-hydrogen) atoms. The van der Waals surface area contributed by atoms with Crippen LogP contribution >= 0.6 is 0 Å². The van der Waals surface area contributed by atoms with Crippen LogP contribution in [-0.2, 0) is 9.53 Å². The van der Waals surface area contributed by atoms with Crippen LogP contribution in [0.25, 0.3) is 11.2 Å². The van der Waals surface area contributed by atoms with Crippen LogP contribution in [0.15, 0.2) is 12.7 Å². The summed E-state index contributed by atoms with van der Waals surface area (Å²) in [4.78, 5) is 24.7. The second-order valence-electron chi connectivity index (χ2n) is 6.62. The van der Waals surface area contributed by atoms with E-state index in [0.717, 1.165) is 0 Å². The average Bonchev–Trinajstić information content (AvgIpc) is 3.17. The second kappa shape index (κ2) is 7.70. The van der Waals surface area contributed by atoms with Crippen molar-refractivity contribution in [3.63, 3.8) is 0 Å². The lowest BCUT2D eigenvalue weighted by Gasteiger charge is -2.23. The predicted molar refractivity (Wildman–Crippen MR) is 93.4 cm³/mol. The summed E-state index contributed by atoms with van der Waals surface area (Å²) < 4.78 is 7.34. The number of nitrogen functional groups attached to an aromatic ring is 1. The van der Waals surface area contributed by atoms with Gasteiger partial charge >= 0.3 is 5.97 Å². The Morgan fingerprint density at radius 1 is 1.37 bits per heavy atom. The van der Waals surface area contributed by atoms with E-state index in [9.17, 15) is 15.0 Å². The number of aliphatic hydroxyl groups excluding tert-OH is 2. The molecular weight excluding hydrogens is 358 g/mol. The number of hydrogen-bond donors (Lipinski definition) is 5. The van der Waals surface area contributed by atoms with Gasteiger partial charge in [-0.25, -0.2) is 15.0 Å². The molecule has 7 N–H and O–H groups in total. The molecule has 0 spiro atoms. The largest absolute Gasteiger partial charge is 0.480 e. The summed E-state index contributed by atoms with van der Waals surface area (Å²) in [5.41, 5.74) is 12.0. The number of anilines is 1. The fourth-order valence-electron chi connectivity index (χ4n) is 3.05. The van der Waals surface area contributed by atoms with E-state index in [0.29, 0.717) is 17.7 Å². The van der Waals surface area contributed by atoms with Crippen molar-refractivity contribution in [3.8, 4) is 0 Å². The lowest BCUT2D eigenvalue weighted by atomic mass is 10.1. The summed E-state index contributed by atoms with van der Waals surface area (Å²) in [6.07, 6.45) is -0.950. The van der Waals surface area contributed by atoms with E-state index in [-0.39, 0.29) is 18.8 Å². The summed E-state index contributed by atoms with van der Waals surface area (Å²) in [5.74, 6) is -0.859. The number of carboxylic acids is 1. The third-order valence-electron chi connectivity index (χ3n) is 4.63. The van der Waals surface area contributed by atoms with Crippen LogP contribution < -0.4 is 11.5 Å². The van der Waals surface area contributed by atoms with Crippen LogP contribution in [0.3, 0.4) is 0 Å². The Kier molecular flexibility index (Phi) is 5.53. The van der Waals surface area contributed by atoms with E-state index < -0.39 is 36.6 Å². The first-order chi connectivity index (χ1) is 12.8. The molecule has 0 amide bonds. The highest BCUT2D eigenvalue weighted by Gasteiger charge is 2.44. The fraction of sp³-hybridized carbons (Fsp3) is 0.600. The number of carboxylic acid groups (broad SMARTS) is 1. The molecule has 0 bridgehead atoms. The minimum Gasteiger partial charge on any atom is -0.480 e.